The Balaban J connectivity index is 1.47. The van der Waals surface area contributed by atoms with Gasteiger partial charge in [0.05, 0.1) is 11.4 Å². The molecule has 0 spiro atoms. The first-order valence-corrected chi connectivity index (χ1v) is 12.8. The molecule has 208 valence electrons. The van der Waals surface area contributed by atoms with Crippen LogP contribution in [-0.4, -0.2) is 68.1 Å². The highest BCUT2D eigenvalue weighted by Gasteiger charge is 2.15. The van der Waals surface area contributed by atoms with E-state index in [-0.39, 0.29) is 11.8 Å². The van der Waals surface area contributed by atoms with Gasteiger partial charge in [0.1, 0.15) is 17.2 Å². The van der Waals surface area contributed by atoms with E-state index in [2.05, 4.69) is 30.4 Å². The molecule has 0 fully saturated rings. The van der Waals surface area contributed by atoms with E-state index in [4.69, 9.17) is 9.47 Å². The number of carbonyl (C=O) groups excluding carboxylic acids is 2. The summed E-state index contributed by atoms with van der Waals surface area (Å²) < 4.78 is 11.0. The first-order chi connectivity index (χ1) is 19.2. The summed E-state index contributed by atoms with van der Waals surface area (Å²) in [6, 6.07) is 18.5. The van der Waals surface area contributed by atoms with Crippen molar-refractivity contribution in [2.75, 3.05) is 51.5 Å². The number of aromatic nitrogens is 2. The summed E-state index contributed by atoms with van der Waals surface area (Å²) in [6.45, 7) is 3.72. The number of nitrogens with one attached hydrogen (secondary N) is 3. The Hall–Kier alpha value is -4.83. The van der Waals surface area contributed by atoms with Crippen LogP contribution in [0.3, 0.4) is 0 Å². The van der Waals surface area contributed by atoms with Gasteiger partial charge in [0.15, 0.2) is 0 Å². The number of amides is 2. The van der Waals surface area contributed by atoms with Gasteiger partial charge >= 0.3 is 6.09 Å². The molecule has 10 nitrogen and oxygen atoms in total. The monoisotopic (exact) mass is 542 g/mol. The highest BCUT2D eigenvalue weighted by Crippen LogP contribution is 2.30. The first kappa shape index (κ1) is 28.2. The third-order valence-corrected chi connectivity index (χ3v) is 6.13. The highest BCUT2D eigenvalue weighted by atomic mass is 16.6. The standard InChI is InChI=1S/C30H34N6O4/c1-20-9-10-27(36(5)14-13-35(3)4)25(15-20)34-29(37)26-17-22(19-33-26)21-7-6-8-23(16-21)39-24-11-12-32-28(18-24)40-30(38)31-2/h6-12,15-19,33H,13-14H2,1-5H3,(H,31,38)(H,34,37). The maximum Gasteiger partial charge on any atom is 0.413 e. The van der Waals surface area contributed by atoms with Crippen LogP contribution in [0.1, 0.15) is 16.1 Å². The molecule has 2 heterocycles. The molecule has 0 saturated carbocycles. The van der Waals surface area contributed by atoms with E-state index in [1.807, 2.05) is 70.5 Å². The van der Waals surface area contributed by atoms with E-state index in [1.165, 1.54) is 19.3 Å². The van der Waals surface area contributed by atoms with Gasteiger partial charge in [-0.05, 0) is 68.5 Å². The lowest BCUT2D eigenvalue weighted by atomic mass is 10.1. The van der Waals surface area contributed by atoms with Gasteiger partial charge in [0.25, 0.3) is 5.91 Å². The van der Waals surface area contributed by atoms with Gasteiger partial charge in [-0.1, -0.05) is 18.2 Å². The second-order valence-electron chi connectivity index (χ2n) is 9.60. The largest absolute Gasteiger partial charge is 0.457 e. The summed E-state index contributed by atoms with van der Waals surface area (Å²) in [5, 5.41) is 5.44. The molecule has 2 amide bonds. The Morgan fingerprint density at radius 2 is 1.75 bits per heavy atom. The first-order valence-electron chi connectivity index (χ1n) is 12.8. The molecule has 0 radical (unpaired) electrons. The van der Waals surface area contributed by atoms with Crippen molar-refractivity contribution in [3.05, 3.63) is 84.3 Å². The number of ether oxygens (including phenoxy) is 2. The molecule has 2 aromatic heterocycles. The van der Waals surface area contributed by atoms with Crippen LogP contribution in [0.4, 0.5) is 16.2 Å². The van der Waals surface area contributed by atoms with Crippen molar-refractivity contribution in [1.82, 2.24) is 20.2 Å². The highest BCUT2D eigenvalue weighted by molar-refractivity contribution is 6.05. The Morgan fingerprint density at radius 3 is 2.52 bits per heavy atom. The van der Waals surface area contributed by atoms with Gasteiger partial charge < -0.3 is 34.9 Å². The lowest BCUT2D eigenvalue weighted by molar-refractivity contribution is 0.102. The van der Waals surface area contributed by atoms with E-state index in [0.717, 1.165) is 41.2 Å². The van der Waals surface area contributed by atoms with Crippen LogP contribution in [0.2, 0.25) is 0 Å². The zero-order valence-electron chi connectivity index (χ0n) is 23.3. The van der Waals surface area contributed by atoms with Crippen LogP contribution in [0.5, 0.6) is 17.4 Å². The minimum absolute atomic E-state index is 0.120. The summed E-state index contributed by atoms with van der Waals surface area (Å²) in [7, 11) is 7.56. The fraction of sp³-hybridized carbons (Fsp3) is 0.233. The number of aromatic amines is 1. The molecule has 3 N–H and O–H groups in total. The molecule has 0 saturated heterocycles. The number of anilines is 2. The summed E-state index contributed by atoms with van der Waals surface area (Å²) in [6.07, 6.45) is 2.67. The van der Waals surface area contributed by atoms with Crippen molar-refractivity contribution in [3.63, 3.8) is 0 Å². The molecule has 0 atom stereocenters. The minimum atomic E-state index is -0.617. The molecule has 0 aliphatic carbocycles. The Morgan fingerprint density at radius 1 is 0.950 bits per heavy atom. The number of hydrogen-bond donors (Lipinski definition) is 3. The molecule has 4 aromatic rings. The van der Waals surface area contributed by atoms with E-state index in [0.29, 0.717) is 17.2 Å². The summed E-state index contributed by atoms with van der Waals surface area (Å²) in [5.41, 5.74) is 4.91. The van der Waals surface area contributed by atoms with Gasteiger partial charge in [-0.25, -0.2) is 9.78 Å². The SMILES string of the molecule is CNC(=O)Oc1cc(Oc2cccc(-c3c[nH]c(C(=O)Nc4cc(C)ccc4N(C)CCN(C)C)c3)c2)ccn1. The normalized spacial score (nSPS) is 10.8. The zero-order chi connectivity index (χ0) is 28.6. The van der Waals surface area contributed by atoms with Crippen molar-refractivity contribution in [2.45, 2.75) is 6.92 Å². The van der Waals surface area contributed by atoms with Crippen molar-refractivity contribution in [2.24, 2.45) is 0 Å². The second-order valence-corrected chi connectivity index (χ2v) is 9.60. The number of carbonyl (C=O) groups is 2. The van der Waals surface area contributed by atoms with E-state index >= 15 is 0 Å². The fourth-order valence-corrected chi connectivity index (χ4v) is 3.97. The fourth-order valence-electron chi connectivity index (χ4n) is 3.97. The molecule has 10 heteroatoms. The van der Waals surface area contributed by atoms with E-state index in [1.54, 1.807) is 18.3 Å². The minimum Gasteiger partial charge on any atom is -0.457 e. The second kappa shape index (κ2) is 12.8. The smallest absolute Gasteiger partial charge is 0.413 e. The van der Waals surface area contributed by atoms with Crippen molar-refractivity contribution in [1.29, 1.82) is 0 Å². The molecular formula is C30H34N6O4. The molecular weight excluding hydrogens is 508 g/mol. The van der Waals surface area contributed by atoms with Crippen LogP contribution >= 0.6 is 0 Å². The third kappa shape index (κ3) is 7.39. The van der Waals surface area contributed by atoms with E-state index < -0.39 is 6.09 Å². The van der Waals surface area contributed by atoms with Crippen LogP contribution in [0, 0.1) is 6.92 Å². The van der Waals surface area contributed by atoms with E-state index in [9.17, 15) is 9.59 Å². The van der Waals surface area contributed by atoms with Gasteiger partial charge in [-0.15, -0.1) is 0 Å². The maximum absolute atomic E-state index is 13.2. The number of pyridine rings is 1. The summed E-state index contributed by atoms with van der Waals surface area (Å²) in [4.78, 5) is 36.0. The van der Waals surface area contributed by atoms with Crippen molar-refractivity contribution in [3.8, 4) is 28.5 Å². The maximum atomic E-state index is 13.2. The number of likely N-dealkylation sites (N-methyl/N-ethyl adjacent to an activating group) is 2. The van der Waals surface area contributed by atoms with Gasteiger partial charge in [0.2, 0.25) is 5.88 Å². The molecule has 0 bridgehead atoms. The number of nitrogens with zero attached hydrogens (tertiary/aromatic N) is 3. The van der Waals surface area contributed by atoms with Gasteiger partial charge in [0, 0.05) is 51.2 Å². The quantitative estimate of drug-likeness (QED) is 0.254. The predicted molar refractivity (Wildman–Crippen MR) is 157 cm³/mol. The van der Waals surface area contributed by atoms with Crippen LogP contribution in [-0.2, 0) is 0 Å². The topological polar surface area (TPSA) is 112 Å². The average Bonchev–Trinajstić information content (AvgIpc) is 3.43. The number of aryl methyl sites for hydroxylation is 1. The van der Waals surface area contributed by atoms with Crippen LogP contribution < -0.4 is 25.0 Å². The number of rotatable bonds is 10. The molecule has 0 aliphatic rings. The van der Waals surface area contributed by atoms with Gasteiger partial charge in [-0.3, -0.25) is 4.79 Å². The molecule has 2 aromatic carbocycles. The average molecular weight is 543 g/mol. The zero-order valence-corrected chi connectivity index (χ0v) is 23.3. The third-order valence-electron chi connectivity index (χ3n) is 6.13. The molecule has 0 aliphatic heterocycles. The Labute approximate surface area is 233 Å². The van der Waals surface area contributed by atoms with Crippen LogP contribution in [0.15, 0.2) is 73.1 Å². The lowest BCUT2D eigenvalue weighted by Crippen LogP contribution is -2.29. The van der Waals surface area contributed by atoms with Crippen molar-refractivity contribution >= 4 is 23.4 Å². The van der Waals surface area contributed by atoms with Gasteiger partial charge in [-0.2, -0.15) is 0 Å². The number of H-pyrrole nitrogens is 1. The van der Waals surface area contributed by atoms with Crippen molar-refractivity contribution < 1.29 is 19.1 Å². The molecule has 4 rings (SSSR count). The molecule has 0 unspecified atom stereocenters. The predicted octanol–water partition coefficient (Wildman–Crippen LogP) is 5.15. The summed E-state index contributed by atoms with van der Waals surface area (Å²) >= 11 is 0. The lowest BCUT2D eigenvalue weighted by Gasteiger charge is -2.24. The number of hydrogen-bond acceptors (Lipinski definition) is 7. The molecule has 40 heavy (non-hydrogen) atoms. The number of benzene rings is 2. The van der Waals surface area contributed by atoms with Crippen LogP contribution in [0.25, 0.3) is 11.1 Å². The Bertz CT molecular complexity index is 1480. The summed E-state index contributed by atoms with van der Waals surface area (Å²) in [5.74, 6) is 0.929. The Kier molecular flexibility index (Phi) is 9.03.